The second-order valence-electron chi connectivity index (χ2n) is 5.11. The molecule has 0 bridgehead atoms. The van der Waals surface area contributed by atoms with Crippen LogP contribution in [0, 0.1) is 5.82 Å². The second kappa shape index (κ2) is 8.22. The van der Waals surface area contributed by atoms with E-state index in [0.29, 0.717) is 31.1 Å². The van der Waals surface area contributed by atoms with Gasteiger partial charge in [-0.05, 0) is 44.0 Å². The van der Waals surface area contributed by atoms with Crippen molar-refractivity contribution < 1.29 is 13.9 Å². The lowest BCUT2D eigenvalue weighted by atomic mass is 10.2. The number of rotatable bonds is 7. The summed E-state index contributed by atoms with van der Waals surface area (Å²) in [6, 6.07) is 5.73. The Hall–Kier alpha value is -2.50. The van der Waals surface area contributed by atoms with Crippen LogP contribution in [0.1, 0.15) is 26.0 Å². The van der Waals surface area contributed by atoms with E-state index in [1.54, 1.807) is 18.0 Å². The molecule has 122 valence electrons. The number of hydrogen-bond acceptors (Lipinski definition) is 4. The van der Waals surface area contributed by atoms with E-state index in [-0.39, 0.29) is 11.7 Å². The molecule has 0 fully saturated rings. The summed E-state index contributed by atoms with van der Waals surface area (Å²) in [5.74, 6) is 0.634. The maximum Gasteiger partial charge on any atom is 0.238 e. The van der Waals surface area contributed by atoms with Gasteiger partial charge in [-0.2, -0.15) is 0 Å². The van der Waals surface area contributed by atoms with Crippen molar-refractivity contribution in [3.8, 4) is 11.6 Å². The molecular weight excluding hydrogens is 297 g/mol. The molecule has 1 aromatic carbocycles. The normalized spacial score (nSPS) is 10.4. The van der Waals surface area contributed by atoms with Crippen molar-refractivity contribution in [1.29, 1.82) is 0 Å². The molecule has 0 spiro atoms. The van der Waals surface area contributed by atoms with Crippen LogP contribution in [0.5, 0.6) is 11.6 Å². The van der Waals surface area contributed by atoms with Crippen LogP contribution in [0.25, 0.3) is 0 Å². The third-order valence-corrected chi connectivity index (χ3v) is 3.39. The molecule has 1 amide bonds. The lowest BCUT2D eigenvalue weighted by Crippen LogP contribution is -2.29. The Kier molecular flexibility index (Phi) is 6.02. The average Bonchev–Trinajstić information content (AvgIpc) is 2.54. The van der Waals surface area contributed by atoms with E-state index in [2.05, 4.69) is 9.97 Å². The molecule has 2 aromatic rings. The zero-order valence-corrected chi connectivity index (χ0v) is 13.3. The quantitative estimate of drug-likeness (QED) is 0.787. The van der Waals surface area contributed by atoms with Gasteiger partial charge in [-0.1, -0.05) is 0 Å². The van der Waals surface area contributed by atoms with Crippen LogP contribution in [0.4, 0.5) is 4.39 Å². The van der Waals surface area contributed by atoms with Gasteiger partial charge >= 0.3 is 0 Å². The van der Waals surface area contributed by atoms with E-state index in [1.165, 1.54) is 30.5 Å². The third kappa shape index (κ3) is 5.32. The number of amides is 1. The summed E-state index contributed by atoms with van der Waals surface area (Å²) >= 11 is 0. The van der Waals surface area contributed by atoms with Crippen LogP contribution < -0.4 is 4.74 Å². The molecule has 0 aliphatic rings. The highest BCUT2D eigenvalue weighted by molar-refractivity contribution is 5.73. The van der Waals surface area contributed by atoms with Crippen molar-refractivity contribution in [2.24, 2.45) is 0 Å². The van der Waals surface area contributed by atoms with Crippen molar-refractivity contribution >= 4 is 5.91 Å². The standard InChI is InChI=1S/C17H20FN3O2/c1-3-21(13(2)22)10-4-5-15-11-19-12-17(20-15)23-16-8-6-14(18)7-9-16/h6-9,11-12H,3-5,10H2,1-2H3. The van der Waals surface area contributed by atoms with E-state index in [4.69, 9.17) is 4.74 Å². The topological polar surface area (TPSA) is 55.3 Å². The highest BCUT2D eigenvalue weighted by Gasteiger charge is 2.07. The number of benzene rings is 1. The van der Waals surface area contributed by atoms with E-state index >= 15 is 0 Å². The lowest BCUT2D eigenvalue weighted by Gasteiger charge is -2.18. The van der Waals surface area contributed by atoms with Gasteiger partial charge in [0.2, 0.25) is 11.8 Å². The molecule has 1 heterocycles. The monoisotopic (exact) mass is 317 g/mol. The van der Waals surface area contributed by atoms with Crippen LogP contribution in [-0.4, -0.2) is 33.9 Å². The summed E-state index contributed by atoms with van der Waals surface area (Å²) < 4.78 is 18.4. The van der Waals surface area contributed by atoms with Gasteiger partial charge in [0.25, 0.3) is 0 Å². The predicted octanol–water partition coefficient (Wildman–Crippen LogP) is 3.21. The van der Waals surface area contributed by atoms with Gasteiger partial charge in [-0.3, -0.25) is 9.78 Å². The Morgan fingerprint density at radius 2 is 2.00 bits per heavy atom. The van der Waals surface area contributed by atoms with E-state index in [1.807, 2.05) is 6.92 Å². The molecule has 5 nitrogen and oxygen atoms in total. The number of hydrogen-bond donors (Lipinski definition) is 0. The fourth-order valence-corrected chi connectivity index (χ4v) is 2.17. The van der Waals surface area contributed by atoms with Crippen LogP contribution in [-0.2, 0) is 11.2 Å². The second-order valence-corrected chi connectivity index (χ2v) is 5.11. The van der Waals surface area contributed by atoms with Gasteiger partial charge in [0.05, 0.1) is 11.9 Å². The van der Waals surface area contributed by atoms with Crippen molar-refractivity contribution in [3.05, 3.63) is 48.2 Å². The van der Waals surface area contributed by atoms with E-state index in [9.17, 15) is 9.18 Å². The summed E-state index contributed by atoms with van der Waals surface area (Å²) in [5, 5.41) is 0. The van der Waals surface area contributed by atoms with Crippen LogP contribution in [0.3, 0.4) is 0 Å². The SMILES string of the molecule is CCN(CCCc1cncc(Oc2ccc(F)cc2)n1)C(C)=O. The Morgan fingerprint density at radius 1 is 1.26 bits per heavy atom. The predicted molar refractivity (Wildman–Crippen MR) is 84.8 cm³/mol. The van der Waals surface area contributed by atoms with Crippen molar-refractivity contribution in [2.45, 2.75) is 26.7 Å². The minimum Gasteiger partial charge on any atom is -0.437 e. The van der Waals surface area contributed by atoms with Crippen LogP contribution in [0.15, 0.2) is 36.7 Å². The maximum atomic E-state index is 12.9. The van der Waals surface area contributed by atoms with Gasteiger partial charge < -0.3 is 9.64 Å². The smallest absolute Gasteiger partial charge is 0.238 e. The largest absolute Gasteiger partial charge is 0.437 e. The number of carbonyl (C=O) groups excluding carboxylic acids is 1. The minimum atomic E-state index is -0.317. The number of aromatic nitrogens is 2. The number of carbonyl (C=O) groups is 1. The molecule has 1 aromatic heterocycles. The zero-order chi connectivity index (χ0) is 16.7. The first-order chi connectivity index (χ1) is 11.1. The van der Waals surface area contributed by atoms with Gasteiger partial charge in [0.1, 0.15) is 11.6 Å². The average molecular weight is 317 g/mol. The number of halogens is 1. The fourth-order valence-electron chi connectivity index (χ4n) is 2.17. The van der Waals surface area contributed by atoms with Gasteiger partial charge in [-0.25, -0.2) is 9.37 Å². The number of nitrogens with zero attached hydrogens (tertiary/aromatic N) is 3. The summed E-state index contributed by atoms with van der Waals surface area (Å²) in [6.45, 7) is 4.92. The van der Waals surface area contributed by atoms with Crippen molar-refractivity contribution in [1.82, 2.24) is 14.9 Å². The molecule has 23 heavy (non-hydrogen) atoms. The lowest BCUT2D eigenvalue weighted by molar-refractivity contribution is -0.128. The minimum absolute atomic E-state index is 0.0759. The highest BCUT2D eigenvalue weighted by atomic mass is 19.1. The fraction of sp³-hybridized carbons (Fsp3) is 0.353. The molecule has 2 rings (SSSR count). The molecular formula is C17H20FN3O2. The first kappa shape index (κ1) is 16.9. The molecule has 0 unspecified atom stereocenters. The molecule has 0 radical (unpaired) electrons. The summed E-state index contributed by atoms with van der Waals surface area (Å²) in [7, 11) is 0. The van der Waals surface area contributed by atoms with Crippen molar-refractivity contribution in [3.63, 3.8) is 0 Å². The van der Waals surface area contributed by atoms with Gasteiger partial charge in [0.15, 0.2) is 0 Å². The summed E-state index contributed by atoms with van der Waals surface area (Å²) in [5.41, 5.74) is 0.796. The van der Waals surface area contributed by atoms with Crippen molar-refractivity contribution in [2.75, 3.05) is 13.1 Å². The van der Waals surface area contributed by atoms with Crippen LogP contribution in [0.2, 0.25) is 0 Å². The van der Waals surface area contributed by atoms with E-state index < -0.39 is 0 Å². The molecule has 6 heteroatoms. The first-order valence-corrected chi connectivity index (χ1v) is 7.58. The Bertz CT molecular complexity index is 647. The van der Waals surface area contributed by atoms with E-state index in [0.717, 1.165) is 12.1 Å². The third-order valence-electron chi connectivity index (χ3n) is 3.39. The highest BCUT2D eigenvalue weighted by Crippen LogP contribution is 2.19. The molecule has 0 aliphatic carbocycles. The maximum absolute atomic E-state index is 12.9. The number of ether oxygens (including phenoxy) is 1. The number of aryl methyl sites for hydroxylation is 1. The Morgan fingerprint density at radius 3 is 2.65 bits per heavy atom. The van der Waals surface area contributed by atoms with Gasteiger partial charge in [0, 0.05) is 26.2 Å². The Labute approximate surface area is 135 Å². The Balaban J connectivity index is 1.91. The molecule has 0 N–H and O–H groups in total. The van der Waals surface area contributed by atoms with Gasteiger partial charge in [-0.15, -0.1) is 0 Å². The molecule has 0 aliphatic heterocycles. The molecule has 0 saturated heterocycles. The first-order valence-electron chi connectivity index (χ1n) is 7.58. The summed E-state index contributed by atoms with van der Waals surface area (Å²) in [4.78, 5) is 21.6. The zero-order valence-electron chi connectivity index (χ0n) is 13.3. The van der Waals surface area contributed by atoms with Crippen LogP contribution >= 0.6 is 0 Å². The molecule has 0 atom stereocenters. The summed E-state index contributed by atoms with van der Waals surface area (Å²) in [6.07, 6.45) is 4.71. The molecule has 0 saturated carbocycles.